The zero-order valence-electron chi connectivity index (χ0n) is 27.7. The summed E-state index contributed by atoms with van der Waals surface area (Å²) in [6.45, 7) is 11.5. The van der Waals surface area contributed by atoms with Crippen molar-refractivity contribution in [2.24, 2.45) is 0 Å². The van der Waals surface area contributed by atoms with Crippen molar-refractivity contribution in [3.05, 3.63) is 103 Å². The van der Waals surface area contributed by atoms with Gasteiger partial charge in [-0.1, -0.05) is 81.0 Å². The van der Waals surface area contributed by atoms with Crippen LogP contribution in [-0.4, -0.2) is 31.2 Å². The maximum Gasteiger partial charge on any atom is 0.0482 e. The summed E-state index contributed by atoms with van der Waals surface area (Å²) in [4.78, 5) is 5.10. The average Bonchev–Trinajstić information content (AvgIpc) is 3.03. The number of allylic oxidation sites excluding steroid dienone is 2. The SMILES string of the molecule is CC(C)N(CCCCCCCCCCN(c1ccc(NC2C=CC=CC2)cc1)C(C)C)c1ccc(Nc2ccccc2)cc1. The fourth-order valence-electron chi connectivity index (χ4n) is 6.07. The molecule has 0 saturated carbocycles. The molecule has 0 heterocycles. The highest BCUT2D eigenvalue weighted by molar-refractivity contribution is 5.63. The second-order valence-electron chi connectivity index (χ2n) is 12.8. The van der Waals surface area contributed by atoms with Crippen LogP contribution in [0.1, 0.15) is 85.5 Å². The molecule has 2 N–H and O–H groups in total. The Balaban J connectivity index is 1.08. The second kappa shape index (κ2) is 18.2. The molecule has 4 rings (SSSR count). The van der Waals surface area contributed by atoms with E-state index in [2.05, 4.69) is 145 Å². The zero-order chi connectivity index (χ0) is 31.0. The Hall–Kier alpha value is -3.66. The summed E-state index contributed by atoms with van der Waals surface area (Å²) < 4.78 is 0. The Labute approximate surface area is 268 Å². The lowest BCUT2D eigenvalue weighted by atomic mass is 10.1. The van der Waals surface area contributed by atoms with Crippen LogP contribution in [0.5, 0.6) is 0 Å². The van der Waals surface area contributed by atoms with Gasteiger partial charge in [0, 0.05) is 59.7 Å². The highest BCUT2D eigenvalue weighted by atomic mass is 15.2. The molecule has 0 aliphatic heterocycles. The first-order valence-electron chi connectivity index (χ1n) is 17.1. The molecular weight excluding hydrogens is 536 g/mol. The van der Waals surface area contributed by atoms with E-state index in [1.165, 1.54) is 68.4 Å². The number of nitrogens with zero attached hydrogens (tertiary/aromatic N) is 2. The van der Waals surface area contributed by atoms with E-state index in [1.807, 2.05) is 6.07 Å². The molecule has 236 valence electrons. The predicted octanol–water partition coefficient (Wildman–Crippen LogP) is 11.0. The van der Waals surface area contributed by atoms with Gasteiger partial charge < -0.3 is 20.4 Å². The van der Waals surface area contributed by atoms with Crippen LogP contribution < -0.4 is 20.4 Å². The van der Waals surface area contributed by atoms with Crippen LogP contribution in [0, 0.1) is 0 Å². The van der Waals surface area contributed by atoms with Crippen LogP contribution in [-0.2, 0) is 0 Å². The molecular formula is C40H56N4. The van der Waals surface area contributed by atoms with Gasteiger partial charge in [0.15, 0.2) is 0 Å². The van der Waals surface area contributed by atoms with Crippen molar-refractivity contribution in [3.63, 3.8) is 0 Å². The number of hydrogen-bond donors (Lipinski definition) is 2. The number of para-hydroxylation sites is 1. The quantitative estimate of drug-likeness (QED) is 0.136. The predicted molar refractivity (Wildman–Crippen MR) is 195 cm³/mol. The van der Waals surface area contributed by atoms with Crippen LogP contribution in [0.15, 0.2) is 103 Å². The summed E-state index contributed by atoms with van der Waals surface area (Å²) >= 11 is 0. The molecule has 44 heavy (non-hydrogen) atoms. The van der Waals surface area contributed by atoms with Crippen LogP contribution in [0.2, 0.25) is 0 Å². The number of benzene rings is 3. The minimum absolute atomic E-state index is 0.397. The molecule has 0 bridgehead atoms. The molecule has 1 aliphatic rings. The van der Waals surface area contributed by atoms with Gasteiger partial charge in [-0.25, -0.2) is 0 Å². The minimum atomic E-state index is 0.397. The summed E-state index contributed by atoms with van der Waals surface area (Å²) in [5.74, 6) is 0. The molecule has 3 aromatic rings. The van der Waals surface area contributed by atoms with Crippen LogP contribution in [0.3, 0.4) is 0 Å². The summed E-state index contributed by atoms with van der Waals surface area (Å²) in [5, 5.41) is 7.11. The van der Waals surface area contributed by atoms with Crippen LogP contribution in [0.25, 0.3) is 0 Å². The molecule has 4 nitrogen and oxygen atoms in total. The molecule has 1 unspecified atom stereocenters. The van der Waals surface area contributed by atoms with Gasteiger partial charge in [0.05, 0.1) is 0 Å². The fourth-order valence-corrected chi connectivity index (χ4v) is 6.07. The number of rotatable bonds is 19. The van der Waals surface area contributed by atoms with Crippen molar-refractivity contribution < 1.29 is 0 Å². The van der Waals surface area contributed by atoms with Gasteiger partial charge in [-0.05, 0) is 108 Å². The number of nitrogens with one attached hydrogen (secondary N) is 2. The smallest absolute Gasteiger partial charge is 0.0482 e. The third-order valence-corrected chi connectivity index (χ3v) is 8.59. The monoisotopic (exact) mass is 592 g/mol. The lowest BCUT2D eigenvalue weighted by Gasteiger charge is -2.29. The molecule has 0 fully saturated rings. The van der Waals surface area contributed by atoms with Crippen molar-refractivity contribution >= 4 is 28.4 Å². The first kappa shape index (κ1) is 33.2. The van der Waals surface area contributed by atoms with E-state index in [1.54, 1.807) is 0 Å². The van der Waals surface area contributed by atoms with Crippen molar-refractivity contribution in [1.82, 2.24) is 0 Å². The largest absolute Gasteiger partial charge is 0.379 e. The Bertz CT molecular complexity index is 1240. The number of unbranched alkanes of at least 4 members (excludes halogenated alkanes) is 7. The van der Waals surface area contributed by atoms with Gasteiger partial charge in [0.2, 0.25) is 0 Å². The van der Waals surface area contributed by atoms with Crippen molar-refractivity contribution in [3.8, 4) is 0 Å². The Morgan fingerprint density at radius 1 is 0.568 bits per heavy atom. The topological polar surface area (TPSA) is 30.5 Å². The third-order valence-electron chi connectivity index (χ3n) is 8.59. The van der Waals surface area contributed by atoms with Crippen LogP contribution in [0.4, 0.5) is 28.4 Å². The van der Waals surface area contributed by atoms with Crippen molar-refractivity contribution in [1.29, 1.82) is 0 Å². The summed E-state index contributed by atoms with van der Waals surface area (Å²) in [5.41, 5.74) is 6.10. The van der Waals surface area contributed by atoms with Gasteiger partial charge in [-0.2, -0.15) is 0 Å². The molecule has 0 amide bonds. The van der Waals surface area contributed by atoms with E-state index in [-0.39, 0.29) is 0 Å². The minimum Gasteiger partial charge on any atom is -0.379 e. The molecule has 4 heteroatoms. The van der Waals surface area contributed by atoms with Crippen molar-refractivity contribution in [2.75, 3.05) is 33.5 Å². The van der Waals surface area contributed by atoms with Crippen LogP contribution >= 0.6 is 0 Å². The Morgan fingerprint density at radius 2 is 1.05 bits per heavy atom. The Morgan fingerprint density at radius 3 is 1.52 bits per heavy atom. The highest BCUT2D eigenvalue weighted by Crippen LogP contribution is 2.25. The summed E-state index contributed by atoms with van der Waals surface area (Å²) in [7, 11) is 0. The van der Waals surface area contributed by atoms with Gasteiger partial charge in [0.1, 0.15) is 0 Å². The second-order valence-corrected chi connectivity index (χ2v) is 12.8. The maximum atomic E-state index is 3.63. The average molecular weight is 593 g/mol. The van der Waals surface area contributed by atoms with E-state index in [9.17, 15) is 0 Å². The zero-order valence-corrected chi connectivity index (χ0v) is 27.7. The lowest BCUT2D eigenvalue weighted by molar-refractivity contribution is 0.549. The van der Waals surface area contributed by atoms with Gasteiger partial charge in [-0.15, -0.1) is 0 Å². The lowest BCUT2D eigenvalue weighted by Crippen LogP contribution is -2.31. The maximum absolute atomic E-state index is 3.63. The number of anilines is 5. The van der Waals surface area contributed by atoms with E-state index in [0.717, 1.165) is 30.9 Å². The first-order chi connectivity index (χ1) is 21.5. The molecule has 0 aromatic heterocycles. The van der Waals surface area contributed by atoms with E-state index >= 15 is 0 Å². The van der Waals surface area contributed by atoms with Crippen molar-refractivity contribution in [2.45, 2.75) is 104 Å². The summed E-state index contributed by atoms with van der Waals surface area (Å²) in [6, 6.07) is 29.7. The van der Waals surface area contributed by atoms with Gasteiger partial charge in [0.25, 0.3) is 0 Å². The summed E-state index contributed by atoms with van der Waals surface area (Å²) in [6.07, 6.45) is 20.3. The Kier molecular flexibility index (Phi) is 13.8. The normalized spacial score (nSPS) is 14.3. The first-order valence-corrected chi connectivity index (χ1v) is 17.1. The third kappa shape index (κ3) is 11.1. The van der Waals surface area contributed by atoms with E-state index in [0.29, 0.717) is 18.1 Å². The number of hydrogen-bond acceptors (Lipinski definition) is 4. The van der Waals surface area contributed by atoms with E-state index in [4.69, 9.17) is 0 Å². The van der Waals surface area contributed by atoms with Gasteiger partial charge >= 0.3 is 0 Å². The molecule has 1 atom stereocenters. The standard InChI is InChI=1S/C40H56N4/c1-33(2)43(39-27-23-37(24-28-39)41-35-19-13-11-14-20-35)31-17-9-7-5-6-8-10-18-32-44(34(3)4)40-29-25-38(26-30-40)42-36-21-15-12-16-22-36/h11-16,19-21,23-30,33-34,36,41-42H,5-10,17-18,22,31-32H2,1-4H3. The van der Waals surface area contributed by atoms with E-state index < -0.39 is 0 Å². The highest BCUT2D eigenvalue weighted by Gasteiger charge is 2.12. The fraction of sp³-hybridized carbons (Fsp3) is 0.450. The molecule has 0 radical (unpaired) electrons. The molecule has 1 aliphatic carbocycles. The van der Waals surface area contributed by atoms with Gasteiger partial charge in [-0.3, -0.25) is 0 Å². The molecule has 0 spiro atoms. The molecule has 0 saturated heterocycles. The molecule has 3 aromatic carbocycles.